The molecule has 0 spiro atoms. The van der Waals surface area contributed by atoms with Crippen LogP contribution in [0.3, 0.4) is 0 Å². The van der Waals surface area contributed by atoms with Gasteiger partial charge in [-0.2, -0.15) is 0 Å². The summed E-state index contributed by atoms with van der Waals surface area (Å²) in [5.74, 6) is -0.253. The lowest BCUT2D eigenvalue weighted by atomic mass is 9.46. The summed E-state index contributed by atoms with van der Waals surface area (Å²) in [4.78, 5) is 38.4. The Kier molecular flexibility index (Phi) is 6.40. The highest BCUT2D eigenvalue weighted by Gasteiger charge is 2.61. The quantitative estimate of drug-likeness (QED) is 0.486. The molecule has 4 bridgehead atoms. The number of primary amides is 1. The average Bonchev–Trinajstić information content (AvgIpc) is 2.68. The molecule has 2 unspecified atom stereocenters. The molecular formula is C26H37N3O5. The monoisotopic (exact) mass is 471 g/mol. The molecule has 0 aliphatic heterocycles. The molecular weight excluding hydrogens is 434 g/mol. The molecule has 1 aromatic carbocycles. The third kappa shape index (κ3) is 5.37. The second-order valence-electron chi connectivity index (χ2n) is 11.8. The third-order valence-corrected chi connectivity index (χ3v) is 7.53. The van der Waals surface area contributed by atoms with Crippen molar-refractivity contribution >= 4 is 17.9 Å². The lowest BCUT2D eigenvalue weighted by Crippen LogP contribution is -2.66. The summed E-state index contributed by atoms with van der Waals surface area (Å²) < 4.78 is 5.49. The van der Waals surface area contributed by atoms with E-state index in [0.29, 0.717) is 18.3 Å². The molecule has 1 aromatic rings. The Hall–Kier alpha value is -2.61. The minimum Gasteiger partial charge on any atom is -0.444 e. The van der Waals surface area contributed by atoms with E-state index in [1.807, 2.05) is 30.3 Å². The maximum Gasteiger partial charge on any atom is 0.408 e. The van der Waals surface area contributed by atoms with Crippen LogP contribution in [-0.4, -0.2) is 40.3 Å². The second kappa shape index (κ2) is 8.87. The van der Waals surface area contributed by atoms with Gasteiger partial charge in [-0.15, -0.1) is 0 Å². The average molecular weight is 472 g/mol. The zero-order chi connectivity index (χ0) is 24.7. The summed E-state index contributed by atoms with van der Waals surface area (Å²) in [7, 11) is 0. The van der Waals surface area contributed by atoms with E-state index in [1.165, 1.54) is 0 Å². The highest BCUT2D eigenvalue weighted by Crippen LogP contribution is 2.62. The predicted molar refractivity (Wildman–Crippen MR) is 126 cm³/mol. The van der Waals surface area contributed by atoms with Gasteiger partial charge in [0.1, 0.15) is 11.6 Å². The fraction of sp³-hybridized carbons (Fsp3) is 0.654. The lowest BCUT2D eigenvalue weighted by Gasteiger charge is -2.62. The fourth-order valence-electron chi connectivity index (χ4n) is 6.94. The first-order valence-electron chi connectivity index (χ1n) is 12.2. The number of benzene rings is 1. The van der Waals surface area contributed by atoms with Crippen molar-refractivity contribution in [1.29, 1.82) is 0 Å². The van der Waals surface area contributed by atoms with E-state index in [9.17, 15) is 19.5 Å². The Bertz CT molecular complexity index is 928. The Labute approximate surface area is 201 Å². The van der Waals surface area contributed by atoms with Crippen LogP contribution in [0.25, 0.3) is 0 Å². The van der Waals surface area contributed by atoms with Crippen LogP contribution in [0.2, 0.25) is 0 Å². The van der Waals surface area contributed by atoms with Crippen LogP contribution in [0.5, 0.6) is 0 Å². The molecule has 0 saturated heterocycles. The minimum atomic E-state index is -0.890. The maximum absolute atomic E-state index is 13.8. The van der Waals surface area contributed by atoms with Crippen LogP contribution < -0.4 is 16.4 Å². The van der Waals surface area contributed by atoms with E-state index >= 15 is 0 Å². The van der Waals surface area contributed by atoms with Crippen molar-refractivity contribution in [3.8, 4) is 0 Å². The number of carbonyl (C=O) groups is 3. The largest absolute Gasteiger partial charge is 0.444 e. The summed E-state index contributed by atoms with van der Waals surface area (Å²) in [6.45, 7) is 5.31. The smallest absolute Gasteiger partial charge is 0.408 e. The number of amides is 3. The van der Waals surface area contributed by atoms with Crippen LogP contribution in [0.4, 0.5) is 4.79 Å². The van der Waals surface area contributed by atoms with Crippen LogP contribution >= 0.6 is 0 Å². The normalized spacial score (nSPS) is 31.4. The first-order valence-corrected chi connectivity index (χ1v) is 12.2. The Morgan fingerprint density at radius 1 is 1.09 bits per heavy atom. The van der Waals surface area contributed by atoms with Gasteiger partial charge in [-0.3, -0.25) is 9.59 Å². The summed E-state index contributed by atoms with van der Waals surface area (Å²) >= 11 is 0. The molecule has 34 heavy (non-hydrogen) atoms. The van der Waals surface area contributed by atoms with E-state index in [2.05, 4.69) is 10.6 Å². The molecule has 186 valence electrons. The summed E-state index contributed by atoms with van der Waals surface area (Å²) in [5.41, 5.74) is 4.16. The SMILES string of the molecule is CC(C)(C)OC(=O)N[C@H](C(=O)N[C@H](CC(N)=O)c1ccccc1)C12CC3CC(CC(O)(C3)C1)C2. The number of carbonyl (C=O) groups excluding carboxylic acids is 3. The van der Waals surface area contributed by atoms with Crippen LogP contribution in [-0.2, 0) is 14.3 Å². The molecule has 0 heterocycles. The summed E-state index contributed by atoms with van der Waals surface area (Å²) in [5, 5.41) is 17.1. The van der Waals surface area contributed by atoms with Crippen molar-refractivity contribution in [3.05, 3.63) is 35.9 Å². The van der Waals surface area contributed by atoms with Crippen molar-refractivity contribution < 1.29 is 24.2 Å². The van der Waals surface area contributed by atoms with E-state index < -0.39 is 40.7 Å². The molecule has 4 fully saturated rings. The Balaban J connectivity index is 1.63. The third-order valence-electron chi connectivity index (χ3n) is 7.53. The number of ether oxygens (including phenoxy) is 1. The van der Waals surface area contributed by atoms with Gasteiger partial charge in [-0.25, -0.2) is 4.79 Å². The number of alkyl carbamates (subject to hydrolysis) is 1. The predicted octanol–water partition coefficient (Wildman–Crippen LogP) is 2.94. The molecule has 0 radical (unpaired) electrons. The molecule has 8 nitrogen and oxygen atoms in total. The van der Waals surface area contributed by atoms with Crippen LogP contribution in [0.15, 0.2) is 30.3 Å². The number of rotatable bonds is 7. The van der Waals surface area contributed by atoms with Gasteiger partial charge in [0, 0.05) is 5.41 Å². The van der Waals surface area contributed by atoms with Gasteiger partial charge >= 0.3 is 6.09 Å². The highest BCUT2D eigenvalue weighted by molar-refractivity contribution is 5.87. The zero-order valence-corrected chi connectivity index (χ0v) is 20.3. The minimum absolute atomic E-state index is 0.0584. The molecule has 4 atom stereocenters. The van der Waals surface area contributed by atoms with Crippen LogP contribution in [0, 0.1) is 17.3 Å². The van der Waals surface area contributed by atoms with Gasteiger partial charge in [0.05, 0.1) is 18.1 Å². The topological polar surface area (TPSA) is 131 Å². The van der Waals surface area contributed by atoms with Crippen molar-refractivity contribution in [2.45, 2.75) is 89.0 Å². The zero-order valence-electron chi connectivity index (χ0n) is 20.3. The molecule has 5 N–H and O–H groups in total. The summed E-state index contributed by atoms with van der Waals surface area (Å²) in [6, 6.07) is 7.68. The standard InChI is InChI=1S/C26H37N3O5/c1-24(2,3)34-23(32)29-21(25-11-16-9-17(12-25)14-26(33,13-16)15-25)22(31)28-19(10-20(27)30)18-7-5-4-6-8-18/h4-8,16-17,19,21,33H,9-15H2,1-3H3,(H2,27,30)(H,28,31)(H,29,32)/t16?,17?,19-,21-,25?,26?/m1/s1. The van der Waals surface area contributed by atoms with Crippen LogP contribution in [0.1, 0.15) is 77.3 Å². The number of aliphatic hydroxyl groups is 1. The lowest BCUT2D eigenvalue weighted by molar-refractivity contribution is -0.177. The Morgan fingerprint density at radius 2 is 1.71 bits per heavy atom. The second-order valence-corrected chi connectivity index (χ2v) is 11.8. The van der Waals surface area contributed by atoms with Crippen molar-refractivity contribution in [3.63, 3.8) is 0 Å². The molecule has 5 rings (SSSR count). The Morgan fingerprint density at radius 3 is 2.24 bits per heavy atom. The van der Waals surface area contributed by atoms with Crippen molar-refractivity contribution in [1.82, 2.24) is 10.6 Å². The van der Waals surface area contributed by atoms with Gasteiger partial charge in [-0.1, -0.05) is 30.3 Å². The van der Waals surface area contributed by atoms with Crippen molar-refractivity contribution in [2.24, 2.45) is 23.0 Å². The molecule has 3 amide bonds. The summed E-state index contributed by atoms with van der Waals surface area (Å²) in [6.07, 6.45) is 3.84. The fourth-order valence-corrected chi connectivity index (χ4v) is 6.94. The first kappa shape index (κ1) is 24.5. The molecule has 8 heteroatoms. The number of nitrogens with one attached hydrogen (secondary N) is 2. The van der Waals surface area contributed by atoms with E-state index in [-0.39, 0.29) is 12.3 Å². The first-order chi connectivity index (χ1) is 15.9. The van der Waals surface area contributed by atoms with E-state index in [0.717, 1.165) is 37.7 Å². The molecule has 4 aliphatic carbocycles. The van der Waals surface area contributed by atoms with Gasteiger partial charge in [0.25, 0.3) is 0 Å². The van der Waals surface area contributed by atoms with E-state index in [4.69, 9.17) is 10.5 Å². The van der Waals surface area contributed by atoms with E-state index in [1.54, 1.807) is 20.8 Å². The highest BCUT2D eigenvalue weighted by atomic mass is 16.6. The maximum atomic E-state index is 13.8. The van der Waals surface area contributed by atoms with Gasteiger partial charge in [0.15, 0.2) is 0 Å². The van der Waals surface area contributed by atoms with Gasteiger partial charge in [0.2, 0.25) is 11.8 Å². The molecule has 4 saturated carbocycles. The van der Waals surface area contributed by atoms with Gasteiger partial charge < -0.3 is 26.2 Å². The molecule has 0 aromatic heterocycles. The molecule has 4 aliphatic rings. The number of hydrogen-bond acceptors (Lipinski definition) is 5. The van der Waals surface area contributed by atoms with Crippen molar-refractivity contribution in [2.75, 3.05) is 0 Å². The van der Waals surface area contributed by atoms with Gasteiger partial charge in [-0.05, 0) is 76.7 Å². The number of nitrogens with two attached hydrogens (primary N) is 1. The number of hydrogen-bond donors (Lipinski definition) is 4.